The van der Waals surface area contributed by atoms with Crippen LogP contribution >= 0.6 is 0 Å². The molecule has 49 heavy (non-hydrogen) atoms. The van der Waals surface area contributed by atoms with Crippen LogP contribution in [0.15, 0.2) is 56.5 Å². The summed E-state index contributed by atoms with van der Waals surface area (Å²) in [5, 5.41) is 18.2. The van der Waals surface area contributed by atoms with Gasteiger partial charge in [-0.05, 0) is 66.7 Å². The fourth-order valence-corrected chi connectivity index (χ4v) is 10.5. The molecule has 2 saturated heterocycles. The Morgan fingerprint density at radius 2 is 1.22 bits per heavy atom. The van der Waals surface area contributed by atoms with Gasteiger partial charge in [-0.1, -0.05) is 64.0 Å². The molecule has 2 fully saturated rings. The molecule has 2 aliphatic heterocycles. The fraction of sp³-hybridized carbons (Fsp3) is 0.559. The molecule has 15 heteroatoms. The van der Waals surface area contributed by atoms with Crippen LogP contribution in [0.5, 0.6) is 0 Å². The second-order valence-corrected chi connectivity index (χ2v) is 18.2. The van der Waals surface area contributed by atoms with Gasteiger partial charge in [0.1, 0.15) is 17.5 Å². The van der Waals surface area contributed by atoms with E-state index in [0.717, 1.165) is 12.8 Å². The van der Waals surface area contributed by atoms with Crippen molar-refractivity contribution >= 4 is 37.4 Å². The first-order valence-electron chi connectivity index (χ1n) is 16.7. The zero-order valence-electron chi connectivity index (χ0n) is 28.9. The number of carbonyl (C=O) groups excluding carboxylic acids is 1. The van der Waals surface area contributed by atoms with Gasteiger partial charge < -0.3 is 20.5 Å². The Morgan fingerprint density at radius 1 is 0.796 bits per heavy atom. The molecule has 2 aromatic carbocycles. The lowest BCUT2D eigenvalue weighted by Gasteiger charge is -2.34. The average molecular weight is 718 g/mol. The third kappa shape index (κ3) is 7.55. The number of fused-ring (bicyclic) bond motifs is 2. The van der Waals surface area contributed by atoms with E-state index in [4.69, 9.17) is 15.3 Å². The molecular weight excluding hydrogens is 671 g/mol. The van der Waals surface area contributed by atoms with Crippen molar-refractivity contribution in [1.29, 1.82) is 0 Å². The lowest BCUT2D eigenvalue weighted by molar-refractivity contribution is -0.158. The highest BCUT2D eigenvalue weighted by molar-refractivity contribution is 7.89. The number of ether oxygens (including phenoxy) is 1. The summed E-state index contributed by atoms with van der Waals surface area (Å²) in [4.78, 5) is 17.7. The molecule has 13 nitrogen and oxygen atoms in total. The Bertz CT molecular complexity index is 1730. The van der Waals surface area contributed by atoms with Crippen LogP contribution in [0.4, 0.5) is 0 Å². The molecule has 1 aliphatic carbocycles. The third-order valence-corrected chi connectivity index (χ3v) is 13.1. The number of piperidine rings is 2. The first-order chi connectivity index (χ1) is 23.0. The van der Waals surface area contributed by atoms with Gasteiger partial charge in [0.15, 0.2) is 0 Å². The molecule has 3 N–H and O–H groups in total. The van der Waals surface area contributed by atoms with Gasteiger partial charge in [0.2, 0.25) is 20.0 Å². The summed E-state index contributed by atoms with van der Waals surface area (Å²) in [6.45, 7) is 12.6. The highest BCUT2D eigenvalue weighted by Gasteiger charge is 2.37. The summed E-state index contributed by atoms with van der Waals surface area (Å²) in [5.74, 6) is -0.0850. The minimum absolute atomic E-state index is 0.00547. The molecule has 0 spiro atoms. The van der Waals surface area contributed by atoms with Gasteiger partial charge in [-0.15, -0.1) is 0 Å². The standard InChI is InChI=1S/C34H47N5O8S2/c1-20(2)31(35)34(40)46-19-47-37-33-27-9-7-25(48(42,43)38-15-21(3)11-22(4)16-38)13-29(27)32(36-41)30-14-26(8-10-28(30)33)49(44,45)39-17-23(5)12-24(6)18-39/h7-10,13-14,20-24,31,41H,11-12,15-19,35H2,1-6H3/t21-,22+,23-,24+,31?. The highest BCUT2D eigenvalue weighted by Crippen LogP contribution is 2.35. The van der Waals surface area contributed by atoms with E-state index in [1.807, 2.05) is 27.7 Å². The van der Waals surface area contributed by atoms with Crippen molar-refractivity contribution in [2.75, 3.05) is 33.0 Å². The quantitative estimate of drug-likeness (QED) is 0.109. The Labute approximate surface area is 289 Å². The van der Waals surface area contributed by atoms with Crippen LogP contribution in [0.2, 0.25) is 0 Å². The number of hydrogen-bond acceptors (Lipinski definition) is 11. The lowest BCUT2D eigenvalue weighted by Crippen LogP contribution is -2.42. The van der Waals surface area contributed by atoms with Crippen LogP contribution in [0, 0.1) is 29.6 Å². The van der Waals surface area contributed by atoms with Gasteiger partial charge in [0, 0.05) is 48.4 Å². The second kappa shape index (κ2) is 14.5. The van der Waals surface area contributed by atoms with Gasteiger partial charge in [0.25, 0.3) is 6.79 Å². The number of oxime groups is 2. The average Bonchev–Trinajstić information content (AvgIpc) is 3.04. The minimum atomic E-state index is -3.94. The summed E-state index contributed by atoms with van der Waals surface area (Å²) in [5.41, 5.74) is 7.23. The zero-order chi connectivity index (χ0) is 35.8. The molecule has 2 heterocycles. The van der Waals surface area contributed by atoms with Gasteiger partial charge in [-0.3, -0.25) is 4.79 Å². The number of carbonyl (C=O) groups is 1. The van der Waals surface area contributed by atoms with Crippen molar-refractivity contribution in [2.45, 2.75) is 70.2 Å². The molecule has 0 radical (unpaired) electrons. The Hall–Kier alpha value is -3.37. The third-order valence-electron chi connectivity index (χ3n) is 9.45. The normalized spacial score (nSPS) is 24.2. The van der Waals surface area contributed by atoms with Crippen LogP contribution in [0.1, 0.15) is 76.6 Å². The van der Waals surface area contributed by atoms with Crippen molar-refractivity contribution in [3.05, 3.63) is 58.7 Å². The number of benzene rings is 2. The molecule has 3 aliphatic rings. The second-order valence-electron chi connectivity index (χ2n) is 14.3. The van der Waals surface area contributed by atoms with E-state index >= 15 is 0 Å². The number of hydrogen-bond donors (Lipinski definition) is 2. The smallest absolute Gasteiger partial charge is 0.326 e. The topological polar surface area (TPSA) is 181 Å². The summed E-state index contributed by atoms with van der Waals surface area (Å²) in [6, 6.07) is 8.01. The minimum Gasteiger partial charge on any atom is -0.425 e. The van der Waals surface area contributed by atoms with E-state index in [-0.39, 0.29) is 61.9 Å². The monoisotopic (exact) mass is 717 g/mol. The maximum absolute atomic E-state index is 13.9. The predicted octanol–water partition coefficient (Wildman–Crippen LogP) is 3.81. The van der Waals surface area contributed by atoms with Gasteiger partial charge in [0.05, 0.1) is 9.79 Å². The molecule has 0 saturated carbocycles. The van der Waals surface area contributed by atoms with Crippen molar-refractivity contribution in [3.8, 4) is 0 Å². The van der Waals surface area contributed by atoms with Crippen LogP contribution < -0.4 is 5.73 Å². The molecule has 5 rings (SSSR count). The predicted molar refractivity (Wildman–Crippen MR) is 184 cm³/mol. The molecule has 0 aromatic heterocycles. The van der Waals surface area contributed by atoms with E-state index in [1.165, 1.54) is 32.9 Å². The van der Waals surface area contributed by atoms with Crippen LogP contribution in [-0.2, 0) is 34.4 Å². The Morgan fingerprint density at radius 3 is 1.61 bits per heavy atom. The Kier molecular flexibility index (Phi) is 10.9. The molecule has 5 atom stereocenters. The number of nitrogens with two attached hydrogens (primary N) is 1. The largest absolute Gasteiger partial charge is 0.425 e. The van der Waals surface area contributed by atoms with E-state index in [0.29, 0.717) is 37.3 Å². The van der Waals surface area contributed by atoms with E-state index in [2.05, 4.69) is 10.3 Å². The maximum Gasteiger partial charge on any atom is 0.326 e. The molecular formula is C34H47N5O8S2. The van der Waals surface area contributed by atoms with E-state index in [9.17, 15) is 26.8 Å². The lowest BCUT2D eigenvalue weighted by atomic mass is 9.83. The molecule has 268 valence electrons. The first-order valence-corrected chi connectivity index (χ1v) is 19.6. The number of sulfonamides is 2. The molecule has 2 aromatic rings. The van der Waals surface area contributed by atoms with Crippen LogP contribution in [0.25, 0.3) is 0 Å². The number of nitrogens with zero attached hydrogens (tertiary/aromatic N) is 4. The van der Waals surface area contributed by atoms with Crippen molar-refractivity contribution in [2.24, 2.45) is 45.6 Å². The van der Waals surface area contributed by atoms with Crippen molar-refractivity contribution in [1.82, 2.24) is 8.61 Å². The number of esters is 1. The van der Waals surface area contributed by atoms with Gasteiger partial charge in [-0.25, -0.2) is 16.8 Å². The maximum atomic E-state index is 13.9. The molecule has 0 amide bonds. The summed E-state index contributed by atoms with van der Waals surface area (Å²) >= 11 is 0. The fourth-order valence-electron chi connectivity index (χ4n) is 7.11. The molecule has 0 bridgehead atoms. The van der Waals surface area contributed by atoms with E-state index in [1.54, 1.807) is 26.0 Å². The zero-order valence-corrected chi connectivity index (χ0v) is 30.5. The highest BCUT2D eigenvalue weighted by atomic mass is 32.2. The molecule has 1 unspecified atom stereocenters. The first kappa shape index (κ1) is 36.9. The summed E-state index contributed by atoms with van der Waals surface area (Å²) < 4.78 is 63.7. The van der Waals surface area contributed by atoms with Crippen molar-refractivity contribution < 1.29 is 36.4 Å². The van der Waals surface area contributed by atoms with Crippen LogP contribution in [-0.4, -0.2) is 87.1 Å². The number of rotatable bonds is 9. The van der Waals surface area contributed by atoms with Crippen LogP contribution in [0.3, 0.4) is 0 Å². The van der Waals surface area contributed by atoms with Gasteiger partial charge in [-0.2, -0.15) is 8.61 Å². The SMILES string of the molecule is CC(C)C(N)C(=O)OCON=C1c2ccc(S(=O)(=O)N3C[C@H](C)C[C@H](C)C3)cc2C(=NO)c2cc(S(=O)(=O)N3C[C@H](C)C[C@H](C)C3)ccc21. The summed E-state index contributed by atoms with van der Waals surface area (Å²) in [7, 11) is -7.87. The Balaban J connectivity index is 1.58. The van der Waals surface area contributed by atoms with Gasteiger partial charge >= 0.3 is 5.97 Å². The summed E-state index contributed by atoms with van der Waals surface area (Å²) in [6.07, 6.45) is 1.85. The van der Waals surface area contributed by atoms with E-state index < -0.39 is 38.9 Å². The van der Waals surface area contributed by atoms with Crippen molar-refractivity contribution in [3.63, 3.8) is 0 Å².